The first-order chi connectivity index (χ1) is 13.7. The Morgan fingerprint density at radius 2 is 1.82 bits per heavy atom. The highest BCUT2D eigenvalue weighted by atomic mass is 19.1. The van der Waals surface area contributed by atoms with Gasteiger partial charge in [0.15, 0.2) is 5.69 Å². The van der Waals surface area contributed by atoms with E-state index in [9.17, 15) is 9.18 Å². The molecule has 0 unspecified atom stereocenters. The highest BCUT2D eigenvalue weighted by Crippen LogP contribution is 2.23. The van der Waals surface area contributed by atoms with E-state index in [0.29, 0.717) is 18.8 Å². The molecule has 0 N–H and O–H groups in total. The van der Waals surface area contributed by atoms with Crippen LogP contribution in [0.25, 0.3) is 5.57 Å². The van der Waals surface area contributed by atoms with Gasteiger partial charge in [0.2, 0.25) is 0 Å². The van der Waals surface area contributed by atoms with Gasteiger partial charge >= 0.3 is 0 Å². The molecule has 1 fully saturated rings. The quantitative estimate of drug-likeness (QED) is 0.797. The number of halogens is 1. The summed E-state index contributed by atoms with van der Waals surface area (Å²) in [7, 11) is 0. The number of hydrogen-bond acceptors (Lipinski definition) is 4. The molecule has 0 radical (unpaired) electrons. The maximum absolute atomic E-state index is 13.1. The van der Waals surface area contributed by atoms with Crippen LogP contribution < -0.4 is 0 Å². The Morgan fingerprint density at radius 1 is 1.04 bits per heavy atom. The van der Waals surface area contributed by atoms with Gasteiger partial charge in [-0.15, -0.1) is 5.10 Å². The van der Waals surface area contributed by atoms with Gasteiger partial charge in [0.1, 0.15) is 5.82 Å². The van der Waals surface area contributed by atoms with Crippen molar-refractivity contribution < 1.29 is 9.18 Å². The lowest BCUT2D eigenvalue weighted by atomic mass is 9.99. The lowest BCUT2D eigenvalue weighted by molar-refractivity contribution is 0.0767. The predicted molar refractivity (Wildman–Crippen MR) is 105 cm³/mol. The van der Waals surface area contributed by atoms with Crippen LogP contribution in [0.4, 0.5) is 4.39 Å². The van der Waals surface area contributed by atoms with Gasteiger partial charge in [-0.1, -0.05) is 29.8 Å². The highest BCUT2D eigenvalue weighted by molar-refractivity contribution is 5.92. The van der Waals surface area contributed by atoms with Gasteiger partial charge in [-0.2, -0.15) is 0 Å². The molecule has 6 nitrogen and oxygen atoms in total. The van der Waals surface area contributed by atoms with Gasteiger partial charge in [0, 0.05) is 19.6 Å². The lowest BCUT2D eigenvalue weighted by Gasteiger charge is -2.26. The van der Waals surface area contributed by atoms with E-state index in [1.54, 1.807) is 27.9 Å². The van der Waals surface area contributed by atoms with Crippen LogP contribution in [0.5, 0.6) is 0 Å². The van der Waals surface area contributed by atoms with Crippen molar-refractivity contribution in [2.75, 3.05) is 32.7 Å². The highest BCUT2D eigenvalue weighted by Gasteiger charge is 2.22. The van der Waals surface area contributed by atoms with E-state index in [4.69, 9.17) is 0 Å². The molecule has 2 aliphatic rings. The molecule has 2 aliphatic heterocycles. The van der Waals surface area contributed by atoms with E-state index < -0.39 is 0 Å². The number of aromatic nitrogens is 3. The van der Waals surface area contributed by atoms with E-state index in [0.717, 1.165) is 43.7 Å². The van der Waals surface area contributed by atoms with Crippen LogP contribution >= 0.6 is 0 Å². The molecule has 0 spiro atoms. The number of rotatable bonds is 5. The second-order valence-electron chi connectivity index (χ2n) is 7.51. The topological polar surface area (TPSA) is 54.3 Å². The third kappa shape index (κ3) is 4.47. The molecule has 0 atom stereocenters. The number of amides is 1. The fourth-order valence-electron chi connectivity index (χ4n) is 3.87. The van der Waals surface area contributed by atoms with Gasteiger partial charge in [-0.05, 0) is 55.6 Å². The van der Waals surface area contributed by atoms with Crippen molar-refractivity contribution in [2.24, 2.45) is 0 Å². The summed E-state index contributed by atoms with van der Waals surface area (Å²) in [5, 5.41) is 8.21. The summed E-state index contributed by atoms with van der Waals surface area (Å²) < 4.78 is 14.9. The molecule has 28 heavy (non-hydrogen) atoms. The van der Waals surface area contributed by atoms with Crippen LogP contribution in [0, 0.1) is 5.82 Å². The van der Waals surface area contributed by atoms with Crippen LogP contribution in [0.2, 0.25) is 0 Å². The molecule has 0 aliphatic carbocycles. The second-order valence-corrected chi connectivity index (χ2v) is 7.51. The average molecular weight is 383 g/mol. The molecule has 0 bridgehead atoms. The zero-order valence-electron chi connectivity index (χ0n) is 16.1. The Hall–Kier alpha value is -2.54. The summed E-state index contributed by atoms with van der Waals surface area (Å²) in [5.41, 5.74) is 2.56. The van der Waals surface area contributed by atoms with Crippen molar-refractivity contribution >= 4 is 11.5 Å². The predicted octanol–water partition coefficient (Wildman–Crippen LogP) is 2.83. The van der Waals surface area contributed by atoms with Crippen molar-refractivity contribution in [1.82, 2.24) is 24.8 Å². The van der Waals surface area contributed by atoms with Crippen molar-refractivity contribution in [2.45, 2.75) is 32.2 Å². The first-order valence-corrected chi connectivity index (χ1v) is 10.1. The SMILES string of the molecule is O=C(c1cn(CCN2CCCCC2)nn1)N1CC=C(c2ccc(F)cc2)CC1. The van der Waals surface area contributed by atoms with E-state index in [1.807, 2.05) is 6.08 Å². The lowest BCUT2D eigenvalue weighted by Crippen LogP contribution is -2.35. The molecule has 7 heteroatoms. The summed E-state index contributed by atoms with van der Waals surface area (Å²) in [6, 6.07) is 6.50. The molecule has 148 valence electrons. The number of carbonyl (C=O) groups is 1. The van der Waals surface area contributed by atoms with Crippen LogP contribution in [-0.2, 0) is 6.54 Å². The van der Waals surface area contributed by atoms with Crippen LogP contribution in [-0.4, -0.2) is 63.4 Å². The minimum Gasteiger partial charge on any atom is -0.333 e. The third-order valence-corrected chi connectivity index (χ3v) is 5.56. The number of piperidine rings is 1. The monoisotopic (exact) mass is 383 g/mol. The Balaban J connectivity index is 1.32. The summed E-state index contributed by atoms with van der Waals surface area (Å²) in [4.78, 5) is 17.0. The molecule has 1 aromatic carbocycles. The Kier molecular flexibility index (Phi) is 5.81. The standard InChI is InChI=1S/C21H26FN5O/c22-19-6-4-17(5-7-19)18-8-12-26(13-9-18)21(28)20-16-27(24-23-20)15-14-25-10-2-1-3-11-25/h4-8,16H,1-3,9-15H2. The van der Waals surface area contributed by atoms with Gasteiger partial charge in [0.25, 0.3) is 5.91 Å². The van der Waals surface area contributed by atoms with E-state index in [2.05, 4.69) is 15.2 Å². The summed E-state index contributed by atoms with van der Waals surface area (Å²) in [6.45, 7) is 5.17. The third-order valence-electron chi connectivity index (χ3n) is 5.56. The molecule has 2 aromatic rings. The first-order valence-electron chi connectivity index (χ1n) is 10.1. The number of likely N-dealkylation sites (tertiary alicyclic amines) is 1. The van der Waals surface area contributed by atoms with Gasteiger partial charge in [-0.3, -0.25) is 9.48 Å². The average Bonchev–Trinajstić information content (AvgIpc) is 3.22. The zero-order chi connectivity index (χ0) is 19.3. The molecule has 1 aromatic heterocycles. The Labute approximate surface area is 164 Å². The smallest absolute Gasteiger partial charge is 0.276 e. The summed E-state index contributed by atoms with van der Waals surface area (Å²) >= 11 is 0. The largest absolute Gasteiger partial charge is 0.333 e. The summed E-state index contributed by atoms with van der Waals surface area (Å²) in [5.74, 6) is -0.320. The van der Waals surface area contributed by atoms with Gasteiger partial charge < -0.3 is 9.80 Å². The minimum absolute atomic E-state index is 0.0846. The minimum atomic E-state index is -0.236. The Bertz CT molecular complexity index is 839. The normalized spacial score (nSPS) is 18.2. The van der Waals surface area contributed by atoms with Crippen LogP contribution in [0.15, 0.2) is 36.5 Å². The number of hydrogen-bond donors (Lipinski definition) is 0. The maximum atomic E-state index is 13.1. The van der Waals surface area contributed by atoms with Crippen molar-refractivity contribution in [3.05, 3.63) is 53.6 Å². The molecular weight excluding hydrogens is 357 g/mol. The maximum Gasteiger partial charge on any atom is 0.276 e. The van der Waals surface area contributed by atoms with E-state index in [-0.39, 0.29) is 11.7 Å². The molecule has 1 amide bonds. The number of nitrogens with zero attached hydrogens (tertiary/aromatic N) is 5. The number of carbonyl (C=O) groups excluding carboxylic acids is 1. The molecular formula is C21H26FN5O. The molecule has 1 saturated heterocycles. The molecule has 3 heterocycles. The Morgan fingerprint density at radius 3 is 2.54 bits per heavy atom. The fraction of sp³-hybridized carbons (Fsp3) is 0.476. The van der Waals surface area contributed by atoms with E-state index in [1.165, 1.54) is 31.4 Å². The summed E-state index contributed by atoms with van der Waals surface area (Å²) in [6.07, 6.45) is 8.40. The van der Waals surface area contributed by atoms with Gasteiger partial charge in [-0.25, -0.2) is 4.39 Å². The zero-order valence-corrected chi connectivity index (χ0v) is 16.1. The van der Waals surface area contributed by atoms with Crippen molar-refractivity contribution in [1.29, 1.82) is 0 Å². The van der Waals surface area contributed by atoms with Gasteiger partial charge in [0.05, 0.1) is 12.7 Å². The second kappa shape index (κ2) is 8.65. The van der Waals surface area contributed by atoms with Crippen LogP contribution in [0.3, 0.4) is 0 Å². The fourth-order valence-corrected chi connectivity index (χ4v) is 3.87. The molecule has 0 saturated carbocycles. The first kappa shape index (κ1) is 18.8. The van der Waals surface area contributed by atoms with Crippen molar-refractivity contribution in [3.63, 3.8) is 0 Å². The van der Waals surface area contributed by atoms with Crippen LogP contribution in [0.1, 0.15) is 41.7 Å². The molecule has 4 rings (SSSR count). The van der Waals surface area contributed by atoms with E-state index >= 15 is 0 Å². The number of benzene rings is 1. The van der Waals surface area contributed by atoms with Crippen molar-refractivity contribution in [3.8, 4) is 0 Å².